The van der Waals surface area contributed by atoms with Gasteiger partial charge in [0.1, 0.15) is 10.7 Å². The van der Waals surface area contributed by atoms with E-state index in [0.29, 0.717) is 0 Å². The van der Waals surface area contributed by atoms with E-state index in [-0.39, 0.29) is 17.5 Å². The van der Waals surface area contributed by atoms with E-state index in [9.17, 15) is 12.8 Å². The molecule has 1 aliphatic rings. The van der Waals surface area contributed by atoms with Crippen molar-refractivity contribution in [2.75, 3.05) is 39.8 Å². The van der Waals surface area contributed by atoms with Gasteiger partial charge in [-0.2, -0.15) is 0 Å². The first kappa shape index (κ1) is 19.0. The number of rotatable bonds is 6. The maximum atomic E-state index is 13.9. The predicted molar refractivity (Wildman–Crippen MR) is 98.8 cm³/mol. The van der Waals surface area contributed by atoms with Crippen molar-refractivity contribution in [1.82, 2.24) is 19.1 Å². The largest absolute Gasteiger partial charge is 0.353 e. The first-order chi connectivity index (χ1) is 12.4. The van der Waals surface area contributed by atoms with E-state index in [1.165, 1.54) is 18.2 Å². The number of nitrogens with zero attached hydrogens (tertiary/aromatic N) is 3. The second kappa shape index (κ2) is 7.87. The molecule has 3 rings (SSSR count). The summed E-state index contributed by atoms with van der Waals surface area (Å²) in [5.74, 6) is -0.741. The van der Waals surface area contributed by atoms with Gasteiger partial charge in [0.05, 0.1) is 6.04 Å². The molecule has 1 aromatic carbocycles. The van der Waals surface area contributed by atoms with E-state index in [1.54, 1.807) is 0 Å². The Morgan fingerprint density at radius 1 is 1.08 bits per heavy atom. The highest BCUT2D eigenvalue weighted by atomic mass is 32.2. The van der Waals surface area contributed by atoms with Gasteiger partial charge < -0.3 is 9.47 Å². The summed E-state index contributed by atoms with van der Waals surface area (Å²) in [7, 11) is 0.117. The molecule has 8 heteroatoms. The molecule has 0 amide bonds. The third kappa shape index (κ3) is 4.15. The number of hydrogen-bond acceptors (Lipinski definition) is 4. The Hall–Kier alpha value is -1.74. The number of aryl methyl sites for hydroxylation is 1. The fraction of sp³-hybridized carbons (Fsp3) is 0.444. The molecule has 1 unspecified atom stereocenters. The highest BCUT2D eigenvalue weighted by molar-refractivity contribution is 7.89. The van der Waals surface area contributed by atoms with Crippen molar-refractivity contribution in [2.24, 2.45) is 7.05 Å². The molecule has 2 aromatic rings. The minimum Gasteiger partial charge on any atom is -0.353 e. The second-order valence-electron chi connectivity index (χ2n) is 6.68. The van der Waals surface area contributed by atoms with E-state index >= 15 is 0 Å². The molecule has 0 spiro atoms. The minimum absolute atomic E-state index is 0.106. The fourth-order valence-electron chi connectivity index (χ4n) is 3.30. The van der Waals surface area contributed by atoms with Crippen molar-refractivity contribution >= 4 is 10.0 Å². The minimum atomic E-state index is -3.91. The Bertz CT molecular complexity index is 844. The summed E-state index contributed by atoms with van der Waals surface area (Å²) < 4.78 is 43.6. The third-order valence-corrected chi connectivity index (χ3v) is 6.35. The van der Waals surface area contributed by atoms with E-state index in [2.05, 4.69) is 21.6 Å². The van der Waals surface area contributed by atoms with Gasteiger partial charge in [0.25, 0.3) is 0 Å². The number of piperazine rings is 1. The van der Waals surface area contributed by atoms with Gasteiger partial charge in [0.15, 0.2) is 0 Å². The van der Waals surface area contributed by atoms with Crippen LogP contribution in [-0.2, 0) is 17.1 Å². The standard InChI is InChI=1S/C18H25FN4O2S/c1-21-10-12-23(13-11-21)17(16-7-5-9-22(16)2)14-20-26(24,25)18-8-4-3-6-15(18)19/h3-9,17,20H,10-14H2,1-2H3. The molecule has 0 bridgehead atoms. The van der Waals surface area contributed by atoms with Gasteiger partial charge in [-0.25, -0.2) is 17.5 Å². The average molecular weight is 380 g/mol. The molecule has 6 nitrogen and oxygen atoms in total. The molecular weight excluding hydrogens is 355 g/mol. The molecule has 2 heterocycles. The Balaban J connectivity index is 1.80. The molecule has 1 fully saturated rings. The zero-order chi connectivity index (χ0) is 18.7. The molecule has 1 atom stereocenters. The van der Waals surface area contributed by atoms with E-state index in [1.807, 2.05) is 29.9 Å². The normalized spacial score (nSPS) is 18.1. The van der Waals surface area contributed by atoms with Crippen molar-refractivity contribution in [3.05, 3.63) is 54.1 Å². The van der Waals surface area contributed by atoms with Crippen LogP contribution in [0.5, 0.6) is 0 Å². The average Bonchev–Trinajstić information content (AvgIpc) is 3.03. The highest BCUT2D eigenvalue weighted by Crippen LogP contribution is 2.23. The maximum absolute atomic E-state index is 13.9. The number of hydrogen-bond donors (Lipinski definition) is 1. The lowest BCUT2D eigenvalue weighted by molar-refractivity contribution is 0.109. The van der Waals surface area contributed by atoms with Crippen LogP contribution in [-0.4, -0.2) is 62.6 Å². The lowest BCUT2D eigenvalue weighted by atomic mass is 10.1. The van der Waals surface area contributed by atoms with Crippen LogP contribution in [0.2, 0.25) is 0 Å². The van der Waals surface area contributed by atoms with Crippen LogP contribution in [0.15, 0.2) is 47.5 Å². The fourth-order valence-corrected chi connectivity index (χ4v) is 4.42. The molecule has 1 aromatic heterocycles. The summed E-state index contributed by atoms with van der Waals surface area (Å²) in [5, 5.41) is 0. The first-order valence-electron chi connectivity index (χ1n) is 8.66. The van der Waals surface area contributed by atoms with E-state index in [4.69, 9.17) is 0 Å². The third-order valence-electron chi connectivity index (χ3n) is 4.90. The van der Waals surface area contributed by atoms with Crippen LogP contribution in [0.4, 0.5) is 4.39 Å². The van der Waals surface area contributed by atoms with E-state index < -0.39 is 15.8 Å². The number of halogens is 1. The Kier molecular flexibility index (Phi) is 5.76. The predicted octanol–water partition coefficient (Wildman–Crippen LogP) is 1.43. The van der Waals surface area contributed by atoms with Crippen molar-refractivity contribution in [1.29, 1.82) is 0 Å². The Labute approximate surface area is 154 Å². The molecule has 1 N–H and O–H groups in total. The zero-order valence-corrected chi connectivity index (χ0v) is 15.9. The summed E-state index contributed by atoms with van der Waals surface area (Å²) in [6, 6.07) is 9.28. The molecule has 26 heavy (non-hydrogen) atoms. The highest BCUT2D eigenvalue weighted by Gasteiger charge is 2.28. The van der Waals surface area contributed by atoms with Gasteiger partial charge in [0.2, 0.25) is 10.0 Å². The van der Waals surface area contributed by atoms with Gasteiger partial charge in [-0.3, -0.25) is 4.90 Å². The maximum Gasteiger partial charge on any atom is 0.243 e. The van der Waals surface area contributed by atoms with Gasteiger partial charge in [-0.1, -0.05) is 12.1 Å². The quantitative estimate of drug-likeness (QED) is 0.824. The molecule has 1 aliphatic heterocycles. The number of benzene rings is 1. The van der Waals surface area contributed by atoms with Crippen LogP contribution < -0.4 is 4.72 Å². The van der Waals surface area contributed by atoms with Crippen LogP contribution in [0.3, 0.4) is 0 Å². The van der Waals surface area contributed by atoms with Gasteiger partial charge in [-0.05, 0) is 31.3 Å². The van der Waals surface area contributed by atoms with Crippen molar-refractivity contribution in [3.8, 4) is 0 Å². The van der Waals surface area contributed by atoms with Crippen LogP contribution >= 0.6 is 0 Å². The molecule has 1 saturated heterocycles. The SMILES string of the molecule is CN1CCN(C(CNS(=O)(=O)c2ccccc2F)c2cccn2C)CC1. The number of nitrogens with one attached hydrogen (secondary N) is 1. The summed E-state index contributed by atoms with van der Waals surface area (Å²) in [5.41, 5.74) is 1.03. The molecule has 142 valence electrons. The van der Waals surface area contributed by atoms with Gasteiger partial charge >= 0.3 is 0 Å². The number of aromatic nitrogens is 1. The number of sulfonamides is 1. The topological polar surface area (TPSA) is 57.6 Å². The van der Waals surface area contributed by atoms with E-state index in [0.717, 1.165) is 37.9 Å². The lowest BCUT2D eigenvalue weighted by Crippen LogP contribution is -2.48. The van der Waals surface area contributed by atoms with Crippen LogP contribution in [0, 0.1) is 5.82 Å². The molecule has 0 aliphatic carbocycles. The zero-order valence-electron chi connectivity index (χ0n) is 15.1. The van der Waals surface area contributed by atoms with Crippen molar-refractivity contribution in [3.63, 3.8) is 0 Å². The van der Waals surface area contributed by atoms with Gasteiger partial charge in [-0.15, -0.1) is 0 Å². The smallest absolute Gasteiger partial charge is 0.243 e. The van der Waals surface area contributed by atoms with Crippen LogP contribution in [0.25, 0.3) is 0 Å². The van der Waals surface area contributed by atoms with Crippen molar-refractivity contribution < 1.29 is 12.8 Å². The Morgan fingerprint density at radius 2 is 1.77 bits per heavy atom. The summed E-state index contributed by atoms with van der Waals surface area (Å²) in [6.07, 6.45) is 1.95. The second-order valence-corrected chi connectivity index (χ2v) is 8.42. The Morgan fingerprint density at radius 3 is 2.38 bits per heavy atom. The molecule has 0 radical (unpaired) electrons. The summed E-state index contributed by atoms with van der Waals surface area (Å²) in [4.78, 5) is 4.21. The summed E-state index contributed by atoms with van der Waals surface area (Å²) >= 11 is 0. The number of likely N-dealkylation sites (N-methyl/N-ethyl adjacent to an activating group) is 1. The lowest BCUT2D eigenvalue weighted by Gasteiger charge is -2.38. The van der Waals surface area contributed by atoms with Gasteiger partial charge in [0, 0.05) is 51.7 Å². The van der Waals surface area contributed by atoms with Crippen LogP contribution in [0.1, 0.15) is 11.7 Å². The first-order valence-corrected chi connectivity index (χ1v) is 10.1. The monoisotopic (exact) mass is 380 g/mol. The molecular formula is C18H25FN4O2S. The molecule has 0 saturated carbocycles. The van der Waals surface area contributed by atoms with Crippen molar-refractivity contribution in [2.45, 2.75) is 10.9 Å². The summed E-state index contributed by atoms with van der Waals surface area (Å²) in [6.45, 7) is 3.77.